The summed E-state index contributed by atoms with van der Waals surface area (Å²) in [5.41, 5.74) is 1.09. The first kappa shape index (κ1) is 18.6. The van der Waals surface area contributed by atoms with Crippen LogP contribution in [0.25, 0.3) is 10.1 Å². The van der Waals surface area contributed by atoms with E-state index in [-0.39, 0.29) is 18.9 Å². The molecule has 1 aromatic carbocycles. The van der Waals surface area contributed by atoms with Gasteiger partial charge >= 0.3 is 0 Å². The van der Waals surface area contributed by atoms with Gasteiger partial charge in [-0.2, -0.15) is 0 Å². The van der Waals surface area contributed by atoms with Crippen LogP contribution in [0.3, 0.4) is 0 Å². The molecule has 1 aromatic heterocycles. The maximum absolute atomic E-state index is 14.1. The predicted octanol–water partition coefficient (Wildman–Crippen LogP) is 2.40. The van der Waals surface area contributed by atoms with Gasteiger partial charge in [-0.3, -0.25) is 4.79 Å². The SMILES string of the molecule is O=C(c1cc2c(N3CCNCC3)cccc2s1)N1CCC(CO)C(F)(F)C1. The van der Waals surface area contributed by atoms with Crippen LogP contribution in [0.2, 0.25) is 0 Å². The van der Waals surface area contributed by atoms with Crippen LogP contribution in [0.15, 0.2) is 24.3 Å². The van der Waals surface area contributed by atoms with Gasteiger partial charge in [-0.25, -0.2) is 8.78 Å². The molecule has 2 N–H and O–H groups in total. The zero-order valence-electron chi connectivity index (χ0n) is 15.0. The molecule has 1 unspecified atom stereocenters. The van der Waals surface area contributed by atoms with Gasteiger partial charge in [0.25, 0.3) is 11.8 Å². The van der Waals surface area contributed by atoms with Crippen LogP contribution in [0.1, 0.15) is 16.1 Å². The third kappa shape index (κ3) is 3.53. The van der Waals surface area contributed by atoms with Crippen molar-refractivity contribution < 1.29 is 18.7 Å². The standard InChI is InChI=1S/C19H23F2N3O2S/c20-19(21)12-24(7-4-13(19)11-25)18(26)17-10-14-15(2-1-3-16(14)27-17)23-8-5-22-6-9-23/h1-3,10,13,22,25H,4-9,11-12H2. The summed E-state index contributed by atoms with van der Waals surface area (Å²) in [5.74, 6) is -4.47. The van der Waals surface area contributed by atoms with Gasteiger partial charge in [0.2, 0.25) is 0 Å². The Hall–Kier alpha value is -1.77. The van der Waals surface area contributed by atoms with Crippen LogP contribution in [-0.2, 0) is 0 Å². The van der Waals surface area contributed by atoms with Crippen molar-refractivity contribution in [2.45, 2.75) is 12.3 Å². The summed E-state index contributed by atoms with van der Waals surface area (Å²) in [6.45, 7) is 2.71. The first-order chi connectivity index (χ1) is 13.0. The molecule has 5 nitrogen and oxygen atoms in total. The minimum absolute atomic E-state index is 0.117. The highest BCUT2D eigenvalue weighted by Crippen LogP contribution is 2.37. The van der Waals surface area contributed by atoms with Gasteiger partial charge in [0.1, 0.15) is 0 Å². The Morgan fingerprint density at radius 2 is 2.07 bits per heavy atom. The van der Waals surface area contributed by atoms with Crippen molar-refractivity contribution in [2.24, 2.45) is 5.92 Å². The van der Waals surface area contributed by atoms with E-state index >= 15 is 0 Å². The summed E-state index contributed by atoms with van der Waals surface area (Å²) in [5, 5.41) is 13.5. The fraction of sp³-hybridized carbons (Fsp3) is 0.526. The second kappa shape index (κ2) is 7.33. The van der Waals surface area contributed by atoms with E-state index in [0.29, 0.717) is 4.88 Å². The number of fused-ring (bicyclic) bond motifs is 1. The quantitative estimate of drug-likeness (QED) is 0.838. The molecule has 3 heterocycles. The second-order valence-electron chi connectivity index (χ2n) is 7.19. The van der Waals surface area contributed by atoms with Crippen LogP contribution in [0.5, 0.6) is 0 Å². The average Bonchev–Trinajstić information content (AvgIpc) is 3.11. The Labute approximate surface area is 160 Å². The molecule has 2 aliphatic heterocycles. The third-order valence-corrected chi connectivity index (χ3v) is 6.55. The number of carbonyl (C=O) groups is 1. The molecule has 0 saturated carbocycles. The van der Waals surface area contributed by atoms with E-state index in [0.717, 1.165) is 42.0 Å². The van der Waals surface area contributed by atoms with Gasteiger partial charge in [0.15, 0.2) is 0 Å². The van der Waals surface area contributed by atoms with E-state index in [1.807, 2.05) is 18.2 Å². The number of nitrogens with one attached hydrogen (secondary N) is 1. The molecule has 0 radical (unpaired) electrons. The first-order valence-corrected chi connectivity index (χ1v) is 10.1. The van der Waals surface area contributed by atoms with Crippen molar-refractivity contribution in [3.63, 3.8) is 0 Å². The summed E-state index contributed by atoms with van der Waals surface area (Å²) >= 11 is 1.36. The molecule has 4 rings (SSSR count). The fourth-order valence-corrected chi connectivity index (χ4v) is 4.92. The zero-order valence-corrected chi connectivity index (χ0v) is 15.8. The monoisotopic (exact) mass is 395 g/mol. The number of aliphatic hydroxyl groups is 1. The molecule has 1 atom stereocenters. The zero-order chi connectivity index (χ0) is 19.0. The normalized spacial score (nSPS) is 23.0. The number of thiophene rings is 1. The number of hydrogen-bond donors (Lipinski definition) is 2. The number of hydrogen-bond acceptors (Lipinski definition) is 5. The van der Waals surface area contributed by atoms with Gasteiger partial charge in [0, 0.05) is 54.4 Å². The number of benzene rings is 1. The van der Waals surface area contributed by atoms with Gasteiger partial charge < -0.3 is 20.2 Å². The van der Waals surface area contributed by atoms with Gasteiger partial charge in [-0.15, -0.1) is 11.3 Å². The molecule has 2 saturated heterocycles. The Balaban J connectivity index is 1.60. The third-order valence-electron chi connectivity index (χ3n) is 5.46. The van der Waals surface area contributed by atoms with Crippen molar-refractivity contribution >= 4 is 33.0 Å². The predicted molar refractivity (Wildman–Crippen MR) is 103 cm³/mol. The minimum Gasteiger partial charge on any atom is -0.396 e. The van der Waals surface area contributed by atoms with Crippen molar-refractivity contribution in [1.29, 1.82) is 0 Å². The van der Waals surface area contributed by atoms with Crippen LogP contribution in [0, 0.1) is 5.92 Å². The summed E-state index contributed by atoms with van der Waals surface area (Å²) < 4.78 is 29.3. The van der Waals surface area contributed by atoms with E-state index in [1.54, 1.807) is 0 Å². The Kier molecular flexibility index (Phi) is 5.05. The average molecular weight is 395 g/mol. The smallest absolute Gasteiger partial charge is 0.270 e. The molecule has 0 aliphatic carbocycles. The van der Waals surface area contributed by atoms with Gasteiger partial charge in [0.05, 0.1) is 18.0 Å². The van der Waals surface area contributed by atoms with Crippen LogP contribution >= 0.6 is 11.3 Å². The Bertz CT molecular complexity index is 835. The molecular weight excluding hydrogens is 372 g/mol. The summed E-state index contributed by atoms with van der Waals surface area (Å²) in [7, 11) is 0. The number of anilines is 1. The summed E-state index contributed by atoms with van der Waals surface area (Å²) in [6, 6.07) is 7.84. The molecule has 27 heavy (non-hydrogen) atoms. The second-order valence-corrected chi connectivity index (χ2v) is 8.28. The molecule has 2 fully saturated rings. The maximum Gasteiger partial charge on any atom is 0.270 e. The van der Waals surface area contributed by atoms with Gasteiger partial charge in [-0.1, -0.05) is 6.07 Å². The Morgan fingerprint density at radius 3 is 2.78 bits per heavy atom. The molecule has 2 aromatic rings. The molecule has 8 heteroatoms. The molecule has 146 valence electrons. The number of likely N-dealkylation sites (tertiary alicyclic amines) is 1. The molecule has 1 amide bonds. The van der Waals surface area contributed by atoms with E-state index in [1.165, 1.54) is 16.2 Å². The van der Waals surface area contributed by atoms with Crippen LogP contribution < -0.4 is 10.2 Å². The van der Waals surface area contributed by atoms with E-state index in [2.05, 4.69) is 16.3 Å². The highest BCUT2D eigenvalue weighted by Gasteiger charge is 2.45. The number of piperidine rings is 1. The van der Waals surface area contributed by atoms with Crippen LogP contribution in [0.4, 0.5) is 14.5 Å². The van der Waals surface area contributed by atoms with Crippen molar-refractivity contribution in [3.8, 4) is 0 Å². The van der Waals surface area contributed by atoms with Crippen molar-refractivity contribution in [2.75, 3.05) is 50.8 Å². The minimum atomic E-state index is -3.05. The maximum atomic E-state index is 14.1. The molecular formula is C19H23F2N3O2S. The lowest BCUT2D eigenvalue weighted by molar-refractivity contribution is -0.116. The first-order valence-electron chi connectivity index (χ1n) is 9.26. The number of aliphatic hydroxyl groups excluding tert-OH is 1. The lowest BCUT2D eigenvalue weighted by Crippen LogP contribution is -2.51. The van der Waals surface area contributed by atoms with E-state index < -0.39 is 25.0 Å². The topological polar surface area (TPSA) is 55.8 Å². The number of rotatable bonds is 3. The highest BCUT2D eigenvalue weighted by molar-refractivity contribution is 7.20. The number of amides is 1. The van der Waals surface area contributed by atoms with Gasteiger partial charge in [-0.05, 0) is 24.6 Å². The lowest BCUT2D eigenvalue weighted by Gasteiger charge is -2.37. The number of piperazine rings is 1. The van der Waals surface area contributed by atoms with Crippen molar-refractivity contribution in [1.82, 2.24) is 10.2 Å². The molecule has 2 aliphatic rings. The van der Waals surface area contributed by atoms with Crippen molar-refractivity contribution in [3.05, 3.63) is 29.1 Å². The van der Waals surface area contributed by atoms with E-state index in [4.69, 9.17) is 5.11 Å². The highest BCUT2D eigenvalue weighted by atomic mass is 32.1. The molecule has 0 spiro atoms. The van der Waals surface area contributed by atoms with E-state index in [9.17, 15) is 13.6 Å². The number of halogens is 2. The summed E-state index contributed by atoms with van der Waals surface area (Å²) in [4.78, 5) is 16.9. The molecule has 0 bridgehead atoms. The summed E-state index contributed by atoms with van der Waals surface area (Å²) in [6.07, 6.45) is 0.117. The largest absolute Gasteiger partial charge is 0.396 e. The number of alkyl halides is 2. The number of carbonyl (C=O) groups excluding carboxylic acids is 1. The lowest BCUT2D eigenvalue weighted by atomic mass is 9.93. The number of nitrogens with zero attached hydrogens (tertiary/aromatic N) is 2. The fourth-order valence-electron chi connectivity index (χ4n) is 3.87. The van der Waals surface area contributed by atoms with Crippen LogP contribution in [-0.4, -0.2) is 67.7 Å². The Morgan fingerprint density at radius 1 is 1.30 bits per heavy atom.